The van der Waals surface area contributed by atoms with Crippen molar-refractivity contribution in [2.75, 3.05) is 25.0 Å². The molecule has 0 spiro atoms. The Kier molecular flexibility index (Phi) is 7.54. The molecule has 1 saturated heterocycles. The van der Waals surface area contributed by atoms with E-state index in [4.69, 9.17) is 4.74 Å². The molecule has 1 saturated carbocycles. The third kappa shape index (κ3) is 6.09. The SMILES string of the molecule is C/C(C(=O)O)=C(\c1ccc2c(c1)NC(C1CCN(Cc3cc(C(F)(F)F)ccc3C(F)(F)F)CC1)CO2)C1CC1. The van der Waals surface area contributed by atoms with Crippen molar-refractivity contribution in [2.45, 2.75) is 57.5 Å². The van der Waals surface area contributed by atoms with Crippen LogP contribution in [0.3, 0.4) is 0 Å². The number of likely N-dealkylation sites (tertiary alicyclic amines) is 1. The fourth-order valence-corrected chi connectivity index (χ4v) is 5.79. The van der Waals surface area contributed by atoms with Crippen molar-refractivity contribution in [2.24, 2.45) is 11.8 Å². The minimum absolute atomic E-state index is 0.0573. The van der Waals surface area contributed by atoms with Crippen molar-refractivity contribution in [3.63, 3.8) is 0 Å². The number of hydrogen-bond acceptors (Lipinski definition) is 4. The first kappa shape index (κ1) is 28.3. The molecule has 5 nitrogen and oxygen atoms in total. The molecule has 0 radical (unpaired) electrons. The zero-order valence-electron chi connectivity index (χ0n) is 21.8. The van der Waals surface area contributed by atoms with Gasteiger partial charge < -0.3 is 15.2 Å². The second-order valence-electron chi connectivity index (χ2n) is 10.9. The second kappa shape index (κ2) is 10.6. The highest BCUT2D eigenvalue weighted by Crippen LogP contribution is 2.46. The average Bonchev–Trinajstić information content (AvgIpc) is 3.73. The number of carboxylic acid groups (broad SMARTS) is 1. The van der Waals surface area contributed by atoms with Crippen molar-refractivity contribution in [1.82, 2.24) is 4.90 Å². The molecule has 2 aromatic rings. The second-order valence-corrected chi connectivity index (χ2v) is 10.9. The summed E-state index contributed by atoms with van der Waals surface area (Å²) >= 11 is 0. The van der Waals surface area contributed by atoms with E-state index >= 15 is 0 Å². The standard InChI is InChI=1S/C29H30F6N2O3/c1-16(27(38)39)26(18-2-3-18)19-4-7-25-23(13-19)36-24(15-40-25)17-8-10-37(11-9-17)14-20-12-21(28(30,31)32)5-6-22(20)29(33,34)35/h4-7,12-13,17-18,24,36H,2-3,8-11,14-15H2,1H3,(H,38,39)/b26-16+. The van der Waals surface area contributed by atoms with E-state index in [2.05, 4.69) is 5.32 Å². The number of nitrogens with zero attached hydrogens (tertiary/aromatic N) is 1. The van der Waals surface area contributed by atoms with E-state index in [0.717, 1.165) is 29.7 Å². The number of anilines is 1. The molecule has 3 aliphatic rings. The summed E-state index contributed by atoms with van der Waals surface area (Å²) in [7, 11) is 0. The van der Waals surface area contributed by atoms with E-state index in [0.29, 0.717) is 62.1 Å². The smallest absolute Gasteiger partial charge is 0.416 e. The average molecular weight is 569 g/mol. The number of piperidine rings is 1. The maximum atomic E-state index is 13.5. The molecule has 0 aromatic heterocycles. The van der Waals surface area contributed by atoms with Crippen LogP contribution in [0.1, 0.15) is 54.9 Å². The van der Waals surface area contributed by atoms with Gasteiger partial charge in [-0.3, -0.25) is 4.90 Å². The van der Waals surface area contributed by atoms with Crippen LogP contribution in [0.5, 0.6) is 5.75 Å². The van der Waals surface area contributed by atoms with Gasteiger partial charge in [-0.1, -0.05) is 6.07 Å². The molecule has 2 heterocycles. The van der Waals surface area contributed by atoms with Crippen LogP contribution in [0, 0.1) is 11.8 Å². The molecule has 216 valence electrons. The van der Waals surface area contributed by atoms with Crippen LogP contribution >= 0.6 is 0 Å². The lowest BCUT2D eigenvalue weighted by molar-refractivity contribution is -0.142. The first-order valence-electron chi connectivity index (χ1n) is 13.3. The van der Waals surface area contributed by atoms with Gasteiger partial charge in [-0.15, -0.1) is 0 Å². The van der Waals surface area contributed by atoms with Crippen LogP contribution in [0.4, 0.5) is 32.0 Å². The fourth-order valence-electron chi connectivity index (χ4n) is 5.79. The van der Waals surface area contributed by atoms with Gasteiger partial charge in [0.15, 0.2) is 0 Å². The van der Waals surface area contributed by atoms with E-state index in [1.807, 2.05) is 18.2 Å². The minimum atomic E-state index is -4.75. The van der Waals surface area contributed by atoms with Crippen molar-refractivity contribution >= 4 is 17.2 Å². The molecule has 2 fully saturated rings. The van der Waals surface area contributed by atoms with Crippen LogP contribution in [-0.2, 0) is 23.7 Å². The molecule has 0 bridgehead atoms. The number of ether oxygens (including phenoxy) is 1. The number of aliphatic carboxylic acids is 1. The highest BCUT2D eigenvalue weighted by Gasteiger charge is 2.38. The van der Waals surface area contributed by atoms with Gasteiger partial charge in [0.1, 0.15) is 12.4 Å². The van der Waals surface area contributed by atoms with Gasteiger partial charge in [-0.2, -0.15) is 26.3 Å². The maximum absolute atomic E-state index is 13.5. The number of carboxylic acids is 1. The van der Waals surface area contributed by atoms with Gasteiger partial charge in [0.05, 0.1) is 22.9 Å². The largest absolute Gasteiger partial charge is 0.489 e. The van der Waals surface area contributed by atoms with Crippen LogP contribution in [0.15, 0.2) is 42.0 Å². The monoisotopic (exact) mass is 568 g/mol. The zero-order valence-corrected chi connectivity index (χ0v) is 21.8. The van der Waals surface area contributed by atoms with Gasteiger partial charge in [0.25, 0.3) is 0 Å². The quantitative estimate of drug-likeness (QED) is 0.288. The molecule has 11 heteroatoms. The Bertz CT molecular complexity index is 1310. The first-order valence-corrected chi connectivity index (χ1v) is 13.3. The lowest BCUT2D eigenvalue weighted by Gasteiger charge is -2.39. The maximum Gasteiger partial charge on any atom is 0.416 e. The van der Waals surface area contributed by atoms with Crippen molar-refractivity contribution in [1.29, 1.82) is 0 Å². The summed E-state index contributed by atoms with van der Waals surface area (Å²) in [6, 6.07) is 7.17. The number of alkyl halides is 6. The van der Waals surface area contributed by atoms with Crippen LogP contribution in [-0.4, -0.2) is 41.7 Å². The Morgan fingerprint density at radius 2 is 1.70 bits per heavy atom. The van der Waals surface area contributed by atoms with E-state index in [1.54, 1.807) is 11.8 Å². The molecule has 5 rings (SSSR count). The van der Waals surface area contributed by atoms with Gasteiger partial charge in [0.2, 0.25) is 0 Å². The van der Waals surface area contributed by atoms with Crippen LogP contribution < -0.4 is 10.1 Å². The van der Waals surface area contributed by atoms with Gasteiger partial charge >= 0.3 is 18.3 Å². The van der Waals surface area contributed by atoms with Crippen molar-refractivity contribution < 1.29 is 41.0 Å². The number of allylic oxidation sites excluding steroid dienone is 1. The molecule has 40 heavy (non-hydrogen) atoms. The molecular formula is C29H30F6N2O3. The van der Waals surface area contributed by atoms with E-state index in [1.165, 1.54) is 0 Å². The molecule has 2 N–H and O–H groups in total. The summed E-state index contributed by atoms with van der Waals surface area (Å²) < 4.78 is 86.1. The van der Waals surface area contributed by atoms with Gasteiger partial charge in [-0.25, -0.2) is 4.79 Å². The lowest BCUT2D eigenvalue weighted by atomic mass is 9.88. The lowest BCUT2D eigenvalue weighted by Crippen LogP contribution is -2.44. The van der Waals surface area contributed by atoms with Crippen LogP contribution in [0.2, 0.25) is 0 Å². The Morgan fingerprint density at radius 1 is 1.00 bits per heavy atom. The van der Waals surface area contributed by atoms with Crippen LogP contribution in [0.25, 0.3) is 5.57 Å². The minimum Gasteiger partial charge on any atom is -0.489 e. The Balaban J connectivity index is 1.26. The van der Waals surface area contributed by atoms with Crippen molar-refractivity contribution in [3.8, 4) is 5.75 Å². The summed E-state index contributed by atoms with van der Waals surface area (Å²) in [5, 5.41) is 13.1. The number of halogens is 6. The van der Waals surface area contributed by atoms with Gasteiger partial charge in [0, 0.05) is 12.1 Å². The van der Waals surface area contributed by atoms with Gasteiger partial charge in [-0.05, 0) is 105 Å². The molecule has 2 aliphatic heterocycles. The third-order valence-corrected chi connectivity index (χ3v) is 8.09. The number of carbonyl (C=O) groups is 1. The highest BCUT2D eigenvalue weighted by atomic mass is 19.4. The van der Waals surface area contributed by atoms with Crippen molar-refractivity contribution in [3.05, 3.63) is 64.2 Å². The molecule has 0 amide bonds. The molecule has 1 aliphatic carbocycles. The number of nitrogens with one attached hydrogen (secondary N) is 1. The van der Waals surface area contributed by atoms with E-state index in [-0.39, 0.29) is 30.0 Å². The Hall–Kier alpha value is -3.21. The first-order chi connectivity index (χ1) is 18.8. The van der Waals surface area contributed by atoms with E-state index in [9.17, 15) is 36.2 Å². The zero-order chi connectivity index (χ0) is 28.8. The number of benzene rings is 2. The summed E-state index contributed by atoms with van der Waals surface area (Å²) in [5.41, 5.74) is 0.261. The predicted octanol–water partition coefficient (Wildman–Crippen LogP) is 7.08. The topological polar surface area (TPSA) is 61.8 Å². The molecule has 1 atom stereocenters. The summed E-state index contributed by atoms with van der Waals surface area (Å²) in [6.45, 7) is 2.69. The third-order valence-electron chi connectivity index (χ3n) is 8.09. The normalized spacial score (nSPS) is 21.2. The Labute approximate surface area is 227 Å². The number of fused-ring (bicyclic) bond motifs is 1. The summed E-state index contributed by atoms with van der Waals surface area (Å²) in [6.07, 6.45) is -6.29. The molecular weight excluding hydrogens is 538 g/mol. The summed E-state index contributed by atoms with van der Waals surface area (Å²) in [4.78, 5) is 13.4. The number of rotatable bonds is 6. The summed E-state index contributed by atoms with van der Waals surface area (Å²) in [5.74, 6) is 0.107. The number of hydrogen-bond donors (Lipinski definition) is 2. The fraction of sp³-hybridized carbons (Fsp3) is 0.483. The van der Waals surface area contributed by atoms with E-state index < -0.39 is 29.4 Å². The molecule has 1 unspecified atom stereocenters. The molecule has 2 aromatic carbocycles. The highest BCUT2D eigenvalue weighted by molar-refractivity contribution is 5.97. The predicted molar refractivity (Wildman–Crippen MR) is 137 cm³/mol. The Morgan fingerprint density at radius 3 is 2.30 bits per heavy atom.